The molecular formula is C24H35F3N2O5. The Balaban J connectivity index is 2.13. The zero-order chi connectivity index (χ0) is 25.9. The van der Waals surface area contributed by atoms with Gasteiger partial charge in [-0.1, -0.05) is 0 Å². The molecule has 1 atom stereocenters. The molecule has 192 valence electrons. The molecule has 1 amide bonds. The topological polar surface area (TPSA) is 68.3 Å². The standard InChI is InChI=1S/C24H35F3N2O5/c1-16-13-28(10-11-29(16)21(31)34-23(5,6)7)14-17-12-18(24(25,26)27)8-9-19(17)32-15-20(30)33-22(2,3)4/h8-9,12,16H,10-11,13-15H2,1-7H3/t16-/m0/s1. The first-order valence-corrected chi connectivity index (χ1v) is 11.2. The van der Waals surface area contributed by atoms with Crippen LogP contribution in [0.15, 0.2) is 18.2 Å². The van der Waals surface area contributed by atoms with E-state index in [-0.39, 0.29) is 18.3 Å². The molecule has 7 nitrogen and oxygen atoms in total. The van der Waals surface area contributed by atoms with Gasteiger partial charge in [0.1, 0.15) is 17.0 Å². The number of piperazine rings is 1. The lowest BCUT2D eigenvalue weighted by atomic mass is 10.1. The number of benzene rings is 1. The maximum Gasteiger partial charge on any atom is 0.416 e. The van der Waals surface area contributed by atoms with Crippen LogP contribution in [0.5, 0.6) is 5.75 Å². The van der Waals surface area contributed by atoms with Crippen molar-refractivity contribution in [3.8, 4) is 5.75 Å². The first-order valence-electron chi connectivity index (χ1n) is 11.2. The minimum absolute atomic E-state index is 0.167. The van der Waals surface area contributed by atoms with Crippen LogP contribution in [0.1, 0.15) is 59.6 Å². The molecule has 0 bridgehead atoms. The molecule has 1 aromatic rings. The van der Waals surface area contributed by atoms with Crippen LogP contribution in [0.2, 0.25) is 0 Å². The van der Waals surface area contributed by atoms with E-state index in [1.54, 1.807) is 46.4 Å². The van der Waals surface area contributed by atoms with Crippen LogP contribution in [0.25, 0.3) is 0 Å². The van der Waals surface area contributed by atoms with Crippen molar-refractivity contribution in [3.63, 3.8) is 0 Å². The summed E-state index contributed by atoms with van der Waals surface area (Å²) in [7, 11) is 0. The molecule has 0 radical (unpaired) electrons. The van der Waals surface area contributed by atoms with Crippen molar-refractivity contribution < 1.29 is 37.0 Å². The highest BCUT2D eigenvalue weighted by Crippen LogP contribution is 2.33. The lowest BCUT2D eigenvalue weighted by molar-refractivity contribution is -0.157. The molecule has 0 aliphatic carbocycles. The van der Waals surface area contributed by atoms with Crippen LogP contribution < -0.4 is 4.74 Å². The van der Waals surface area contributed by atoms with Gasteiger partial charge in [0.15, 0.2) is 6.61 Å². The third-order valence-electron chi connectivity index (χ3n) is 4.89. The molecule has 1 aromatic carbocycles. The highest BCUT2D eigenvalue weighted by Gasteiger charge is 2.33. The molecule has 1 aliphatic heterocycles. The molecule has 2 rings (SSSR count). The van der Waals surface area contributed by atoms with Crippen LogP contribution in [0.4, 0.5) is 18.0 Å². The first-order chi connectivity index (χ1) is 15.4. The zero-order valence-corrected chi connectivity index (χ0v) is 20.9. The van der Waals surface area contributed by atoms with Gasteiger partial charge in [0, 0.05) is 37.8 Å². The summed E-state index contributed by atoms with van der Waals surface area (Å²) in [4.78, 5) is 28.0. The summed E-state index contributed by atoms with van der Waals surface area (Å²) in [5.74, 6) is -0.431. The average molecular weight is 489 g/mol. The van der Waals surface area contributed by atoms with E-state index in [2.05, 4.69) is 0 Å². The summed E-state index contributed by atoms with van der Waals surface area (Å²) in [6.45, 7) is 13.4. The number of ether oxygens (including phenoxy) is 3. The van der Waals surface area contributed by atoms with Crippen LogP contribution in [-0.4, -0.2) is 65.3 Å². The van der Waals surface area contributed by atoms with E-state index in [1.807, 2.05) is 11.8 Å². The number of esters is 1. The Morgan fingerprint density at radius 2 is 1.62 bits per heavy atom. The minimum atomic E-state index is -4.51. The van der Waals surface area contributed by atoms with Crippen LogP contribution in [-0.2, 0) is 27.0 Å². The minimum Gasteiger partial charge on any atom is -0.482 e. The molecule has 1 aliphatic rings. The van der Waals surface area contributed by atoms with E-state index in [0.717, 1.165) is 12.1 Å². The molecule has 1 fully saturated rings. The van der Waals surface area contributed by atoms with Gasteiger partial charge in [0.2, 0.25) is 0 Å². The number of hydrogen-bond donors (Lipinski definition) is 0. The van der Waals surface area contributed by atoms with Crippen molar-refractivity contribution in [3.05, 3.63) is 29.3 Å². The summed E-state index contributed by atoms with van der Waals surface area (Å²) in [6.07, 6.45) is -4.93. The summed E-state index contributed by atoms with van der Waals surface area (Å²) in [5, 5.41) is 0. The number of hydrogen-bond acceptors (Lipinski definition) is 6. The van der Waals surface area contributed by atoms with Gasteiger partial charge < -0.3 is 19.1 Å². The Morgan fingerprint density at radius 1 is 1.00 bits per heavy atom. The third kappa shape index (κ3) is 8.70. The molecule has 0 aromatic heterocycles. The molecular weight excluding hydrogens is 453 g/mol. The highest BCUT2D eigenvalue weighted by molar-refractivity contribution is 5.71. The monoisotopic (exact) mass is 488 g/mol. The number of halogens is 3. The summed E-state index contributed by atoms with van der Waals surface area (Å²) in [6, 6.07) is 3.00. The summed E-state index contributed by atoms with van der Waals surface area (Å²) >= 11 is 0. The fourth-order valence-corrected chi connectivity index (χ4v) is 3.54. The second-order valence-corrected chi connectivity index (χ2v) is 10.5. The third-order valence-corrected chi connectivity index (χ3v) is 4.89. The molecule has 34 heavy (non-hydrogen) atoms. The Bertz CT molecular complexity index is 875. The Morgan fingerprint density at radius 3 is 2.15 bits per heavy atom. The Labute approximate surface area is 199 Å². The number of amides is 1. The largest absolute Gasteiger partial charge is 0.482 e. The number of rotatable bonds is 5. The van der Waals surface area contributed by atoms with Crippen molar-refractivity contribution in [2.24, 2.45) is 0 Å². The van der Waals surface area contributed by atoms with E-state index in [0.29, 0.717) is 25.2 Å². The van der Waals surface area contributed by atoms with Crippen LogP contribution in [0.3, 0.4) is 0 Å². The molecule has 0 N–H and O–H groups in total. The highest BCUT2D eigenvalue weighted by atomic mass is 19.4. The van der Waals surface area contributed by atoms with Crippen molar-refractivity contribution >= 4 is 12.1 Å². The predicted octanol–water partition coefficient (Wildman–Crippen LogP) is 4.87. The van der Waals surface area contributed by atoms with E-state index in [4.69, 9.17) is 14.2 Å². The fourth-order valence-electron chi connectivity index (χ4n) is 3.54. The van der Waals surface area contributed by atoms with Crippen LogP contribution >= 0.6 is 0 Å². The van der Waals surface area contributed by atoms with E-state index in [1.165, 1.54) is 6.07 Å². The quantitative estimate of drug-likeness (QED) is 0.551. The van der Waals surface area contributed by atoms with Crippen molar-refractivity contribution in [1.29, 1.82) is 0 Å². The molecule has 0 spiro atoms. The first kappa shape index (κ1) is 27.8. The fraction of sp³-hybridized carbons (Fsp3) is 0.667. The van der Waals surface area contributed by atoms with Crippen molar-refractivity contribution in [1.82, 2.24) is 9.80 Å². The summed E-state index contributed by atoms with van der Waals surface area (Å²) in [5.41, 5.74) is -1.82. The second-order valence-electron chi connectivity index (χ2n) is 10.5. The van der Waals surface area contributed by atoms with Gasteiger partial charge in [0.25, 0.3) is 0 Å². The normalized spacial score (nSPS) is 17.9. The van der Waals surface area contributed by atoms with Gasteiger partial charge in [-0.25, -0.2) is 9.59 Å². The number of carbonyl (C=O) groups excluding carboxylic acids is 2. The number of carbonyl (C=O) groups is 2. The Kier molecular flexibility index (Phi) is 8.50. The maximum absolute atomic E-state index is 13.3. The van der Waals surface area contributed by atoms with Gasteiger partial charge in [0.05, 0.1) is 5.56 Å². The Hall–Kier alpha value is -2.49. The van der Waals surface area contributed by atoms with E-state index in [9.17, 15) is 22.8 Å². The zero-order valence-electron chi connectivity index (χ0n) is 20.9. The van der Waals surface area contributed by atoms with Gasteiger partial charge in [-0.3, -0.25) is 4.90 Å². The molecule has 0 unspecified atom stereocenters. The maximum atomic E-state index is 13.3. The van der Waals surface area contributed by atoms with E-state index < -0.39 is 41.6 Å². The molecule has 1 saturated heterocycles. The van der Waals surface area contributed by atoms with Crippen molar-refractivity contribution in [2.75, 3.05) is 26.2 Å². The number of nitrogens with zero attached hydrogens (tertiary/aromatic N) is 2. The second kappa shape index (κ2) is 10.4. The SMILES string of the molecule is C[C@H]1CN(Cc2cc(C(F)(F)F)ccc2OCC(=O)OC(C)(C)C)CCN1C(=O)OC(C)(C)C. The van der Waals surface area contributed by atoms with Crippen LogP contribution in [0, 0.1) is 0 Å². The van der Waals surface area contributed by atoms with Gasteiger partial charge >= 0.3 is 18.2 Å². The van der Waals surface area contributed by atoms with Gasteiger partial charge in [-0.2, -0.15) is 13.2 Å². The molecule has 0 saturated carbocycles. The average Bonchev–Trinajstić information content (AvgIpc) is 2.63. The van der Waals surface area contributed by atoms with E-state index >= 15 is 0 Å². The van der Waals surface area contributed by atoms with Crippen molar-refractivity contribution in [2.45, 2.75) is 78.4 Å². The molecule has 1 heterocycles. The smallest absolute Gasteiger partial charge is 0.416 e. The lowest BCUT2D eigenvalue weighted by Crippen LogP contribution is -2.54. The summed E-state index contributed by atoms with van der Waals surface area (Å²) < 4.78 is 56.2. The lowest BCUT2D eigenvalue weighted by Gasteiger charge is -2.40. The number of alkyl halides is 3. The predicted molar refractivity (Wildman–Crippen MR) is 120 cm³/mol. The van der Waals surface area contributed by atoms with Gasteiger partial charge in [-0.15, -0.1) is 0 Å². The molecule has 10 heteroatoms. The van der Waals surface area contributed by atoms with Gasteiger partial charge in [-0.05, 0) is 66.7 Å².